The monoisotopic (exact) mass is 479 g/mol. The number of H-pyrrole nitrogens is 1. The largest absolute Gasteiger partial charge is 0.353 e. The van der Waals surface area contributed by atoms with Crippen LogP contribution in [0.4, 0.5) is 0 Å². The summed E-state index contributed by atoms with van der Waals surface area (Å²) in [5.74, 6) is 0. The normalized spacial score (nSPS) is 11.5. The third-order valence-corrected chi connectivity index (χ3v) is 4.82. The molecule has 0 spiro atoms. The molecule has 0 amide bonds. The molecule has 5 heteroatoms. The molecule has 0 unspecified atom stereocenters. The van der Waals surface area contributed by atoms with Crippen molar-refractivity contribution in [2.45, 2.75) is 0 Å². The first-order chi connectivity index (χ1) is 8.06. The van der Waals surface area contributed by atoms with Gasteiger partial charge in [-0.2, -0.15) is 0 Å². The minimum atomic E-state index is 1.06. The van der Waals surface area contributed by atoms with Crippen LogP contribution in [0.5, 0.6) is 0 Å². The van der Waals surface area contributed by atoms with E-state index in [-0.39, 0.29) is 0 Å². The second-order valence-electron chi connectivity index (χ2n) is 3.75. The fourth-order valence-corrected chi connectivity index (χ4v) is 4.60. The second-order valence-corrected chi connectivity index (χ2v) is 7.29. The first-order valence-electron chi connectivity index (χ1n) is 4.82. The molecule has 1 heterocycles. The molecule has 1 N–H and O–H groups in total. The molecule has 17 heavy (non-hydrogen) atoms. The van der Waals surface area contributed by atoms with Gasteiger partial charge in [0.1, 0.15) is 0 Å². The van der Waals surface area contributed by atoms with E-state index < -0.39 is 0 Å². The van der Waals surface area contributed by atoms with Crippen LogP contribution in [0.25, 0.3) is 21.8 Å². The Labute approximate surface area is 131 Å². The zero-order valence-electron chi connectivity index (χ0n) is 8.32. The van der Waals surface area contributed by atoms with Gasteiger partial charge in [0.15, 0.2) is 0 Å². The average Bonchev–Trinajstić information content (AvgIpc) is 2.58. The van der Waals surface area contributed by atoms with Gasteiger partial charge < -0.3 is 4.98 Å². The molecule has 0 atom stereocenters. The van der Waals surface area contributed by atoms with Gasteiger partial charge in [0, 0.05) is 28.7 Å². The lowest BCUT2D eigenvalue weighted by atomic mass is 10.1. The van der Waals surface area contributed by atoms with E-state index in [1.165, 1.54) is 10.8 Å². The summed E-state index contributed by atoms with van der Waals surface area (Å²) >= 11 is 14.2. The molecule has 86 valence electrons. The van der Waals surface area contributed by atoms with Crippen molar-refractivity contribution in [3.05, 3.63) is 42.2 Å². The molecule has 0 bridgehead atoms. The fourth-order valence-electron chi connectivity index (χ4n) is 1.95. The molecule has 0 aliphatic rings. The molecule has 3 aromatic rings. The second kappa shape index (κ2) is 4.37. The summed E-state index contributed by atoms with van der Waals surface area (Å²) in [7, 11) is 0. The number of hydrogen-bond donors (Lipinski definition) is 1. The molecule has 2 aromatic carbocycles. The highest BCUT2D eigenvalue weighted by atomic mass is 79.9. The van der Waals surface area contributed by atoms with E-state index in [4.69, 9.17) is 0 Å². The predicted octanol–water partition coefficient (Wildman–Crippen LogP) is 6.37. The van der Waals surface area contributed by atoms with Gasteiger partial charge in [0.25, 0.3) is 0 Å². The smallest absolute Gasteiger partial charge is 0.0610 e. The molecule has 1 aromatic heterocycles. The SMILES string of the molecule is Brc1cc(Br)c2[nH]c3c(Br)cc(Br)cc3c2c1. The Kier molecular flexibility index (Phi) is 3.14. The Morgan fingerprint density at radius 2 is 1.06 bits per heavy atom. The molecule has 0 aliphatic heterocycles. The van der Waals surface area contributed by atoms with E-state index in [0.717, 1.165) is 28.9 Å². The van der Waals surface area contributed by atoms with Crippen LogP contribution in [0.3, 0.4) is 0 Å². The van der Waals surface area contributed by atoms with Crippen LogP contribution in [0.1, 0.15) is 0 Å². The Balaban J connectivity index is 2.60. The topological polar surface area (TPSA) is 15.8 Å². The highest BCUT2D eigenvalue weighted by Gasteiger charge is 2.11. The van der Waals surface area contributed by atoms with Gasteiger partial charge in [-0.05, 0) is 56.1 Å². The summed E-state index contributed by atoms with van der Waals surface area (Å²) in [5.41, 5.74) is 2.23. The number of hydrogen-bond acceptors (Lipinski definition) is 0. The lowest BCUT2D eigenvalue weighted by Crippen LogP contribution is -1.71. The van der Waals surface area contributed by atoms with Crippen LogP contribution >= 0.6 is 63.7 Å². The Bertz CT molecular complexity index is 683. The van der Waals surface area contributed by atoms with Gasteiger partial charge in [0.2, 0.25) is 0 Å². The van der Waals surface area contributed by atoms with E-state index in [9.17, 15) is 0 Å². The molecule has 1 nitrogen and oxygen atoms in total. The molecule has 0 aliphatic carbocycles. The average molecular weight is 483 g/mol. The van der Waals surface area contributed by atoms with Crippen LogP contribution in [0.2, 0.25) is 0 Å². The Morgan fingerprint density at radius 1 is 0.647 bits per heavy atom. The zero-order chi connectivity index (χ0) is 12.2. The molecule has 0 saturated heterocycles. The van der Waals surface area contributed by atoms with Crippen molar-refractivity contribution in [1.29, 1.82) is 0 Å². The quantitative estimate of drug-likeness (QED) is 0.383. The maximum atomic E-state index is 3.58. The van der Waals surface area contributed by atoms with Crippen molar-refractivity contribution < 1.29 is 0 Å². The molecule has 0 radical (unpaired) electrons. The maximum absolute atomic E-state index is 3.58. The molecular formula is C12H5Br4N. The van der Waals surface area contributed by atoms with E-state index in [2.05, 4.69) is 80.8 Å². The lowest BCUT2D eigenvalue weighted by Gasteiger charge is -1.97. The molecule has 3 rings (SSSR count). The van der Waals surface area contributed by atoms with Crippen LogP contribution < -0.4 is 0 Å². The number of benzene rings is 2. The zero-order valence-corrected chi connectivity index (χ0v) is 14.7. The van der Waals surface area contributed by atoms with Crippen molar-refractivity contribution in [1.82, 2.24) is 4.98 Å². The summed E-state index contributed by atoms with van der Waals surface area (Å²) in [4.78, 5) is 3.43. The van der Waals surface area contributed by atoms with Crippen LogP contribution in [-0.4, -0.2) is 4.98 Å². The Morgan fingerprint density at radius 3 is 1.47 bits per heavy atom. The van der Waals surface area contributed by atoms with Crippen molar-refractivity contribution in [2.75, 3.05) is 0 Å². The minimum absolute atomic E-state index is 1.06. The van der Waals surface area contributed by atoms with Crippen LogP contribution in [-0.2, 0) is 0 Å². The van der Waals surface area contributed by atoms with Gasteiger partial charge in [-0.15, -0.1) is 0 Å². The standard InChI is InChI=1S/C12H5Br4N/c13-5-1-7-8-2-6(14)4-10(16)12(8)17-11(7)9(15)3-5/h1-4,17H. The maximum Gasteiger partial charge on any atom is 0.0610 e. The Hall–Kier alpha value is 0.160. The van der Waals surface area contributed by atoms with Crippen LogP contribution in [0, 0.1) is 0 Å². The third kappa shape index (κ3) is 2.01. The first kappa shape index (κ1) is 12.2. The van der Waals surface area contributed by atoms with Gasteiger partial charge in [-0.3, -0.25) is 0 Å². The number of aromatic amines is 1. The van der Waals surface area contributed by atoms with Crippen molar-refractivity contribution >= 4 is 85.5 Å². The molecule has 0 fully saturated rings. The number of aromatic nitrogens is 1. The summed E-state index contributed by atoms with van der Waals surface area (Å²) in [6, 6.07) is 8.33. The first-order valence-corrected chi connectivity index (χ1v) is 7.99. The van der Waals surface area contributed by atoms with Crippen molar-refractivity contribution in [2.24, 2.45) is 0 Å². The van der Waals surface area contributed by atoms with E-state index in [1.54, 1.807) is 0 Å². The number of nitrogens with one attached hydrogen (secondary N) is 1. The molecule has 0 saturated carbocycles. The summed E-state index contributed by atoms with van der Waals surface area (Å²) < 4.78 is 4.24. The highest BCUT2D eigenvalue weighted by Crippen LogP contribution is 2.37. The summed E-state index contributed by atoms with van der Waals surface area (Å²) in [6.45, 7) is 0. The molecular weight excluding hydrogens is 478 g/mol. The fraction of sp³-hybridized carbons (Fsp3) is 0. The minimum Gasteiger partial charge on any atom is -0.353 e. The van der Waals surface area contributed by atoms with Gasteiger partial charge in [-0.1, -0.05) is 31.9 Å². The third-order valence-electron chi connectivity index (χ3n) is 2.65. The highest BCUT2D eigenvalue weighted by molar-refractivity contribution is 9.11. The van der Waals surface area contributed by atoms with E-state index >= 15 is 0 Å². The van der Waals surface area contributed by atoms with E-state index in [1.807, 2.05) is 12.1 Å². The predicted molar refractivity (Wildman–Crippen MR) is 86.6 cm³/mol. The van der Waals surface area contributed by atoms with Crippen molar-refractivity contribution in [3.63, 3.8) is 0 Å². The number of rotatable bonds is 0. The summed E-state index contributed by atoms with van der Waals surface area (Å²) in [5, 5.41) is 2.39. The number of halogens is 4. The van der Waals surface area contributed by atoms with Gasteiger partial charge >= 0.3 is 0 Å². The van der Waals surface area contributed by atoms with Crippen LogP contribution in [0.15, 0.2) is 42.2 Å². The number of fused-ring (bicyclic) bond motifs is 3. The van der Waals surface area contributed by atoms with Gasteiger partial charge in [0.05, 0.1) is 11.0 Å². The van der Waals surface area contributed by atoms with Gasteiger partial charge in [-0.25, -0.2) is 0 Å². The van der Waals surface area contributed by atoms with Crippen molar-refractivity contribution in [3.8, 4) is 0 Å². The summed E-state index contributed by atoms with van der Waals surface area (Å²) in [6.07, 6.45) is 0. The van der Waals surface area contributed by atoms with E-state index in [0.29, 0.717) is 0 Å². The lowest BCUT2D eigenvalue weighted by molar-refractivity contribution is 1.50.